The molecule has 0 aliphatic heterocycles. The lowest BCUT2D eigenvalue weighted by molar-refractivity contribution is -0.141. The highest BCUT2D eigenvalue weighted by molar-refractivity contribution is 5.97. The van der Waals surface area contributed by atoms with Crippen LogP contribution in [-0.2, 0) is 9.59 Å². The van der Waals surface area contributed by atoms with Crippen LogP contribution in [0.4, 0.5) is 0 Å². The van der Waals surface area contributed by atoms with Crippen LogP contribution in [0.3, 0.4) is 0 Å². The number of aliphatic carboxylic acids is 1. The Morgan fingerprint density at radius 2 is 1.61 bits per heavy atom. The number of methoxy groups -OCH3 is 1. The molecule has 148 valence electrons. The monoisotopic (exact) mass is 386 g/mol. The largest absolute Gasteiger partial charge is 0.497 e. The number of ether oxygens (including phenoxy) is 2. The van der Waals surface area contributed by atoms with Crippen LogP contribution in [0.5, 0.6) is 11.5 Å². The van der Waals surface area contributed by atoms with Crippen LogP contribution in [0, 0.1) is 0 Å². The van der Waals surface area contributed by atoms with Crippen molar-refractivity contribution in [3.63, 3.8) is 0 Å². The third-order valence-corrected chi connectivity index (χ3v) is 3.84. The maximum atomic E-state index is 12.1. The zero-order valence-corrected chi connectivity index (χ0v) is 15.6. The van der Waals surface area contributed by atoms with Crippen LogP contribution in [-0.4, -0.2) is 43.2 Å². The van der Waals surface area contributed by atoms with E-state index in [0.29, 0.717) is 29.2 Å². The normalized spacial score (nSPS) is 11.2. The summed E-state index contributed by atoms with van der Waals surface area (Å²) >= 11 is 0. The molecule has 0 fully saturated rings. The van der Waals surface area contributed by atoms with Gasteiger partial charge in [-0.3, -0.25) is 9.59 Å². The zero-order chi connectivity index (χ0) is 20.5. The van der Waals surface area contributed by atoms with Crippen molar-refractivity contribution in [2.24, 2.45) is 0 Å². The van der Waals surface area contributed by atoms with Gasteiger partial charge in [-0.15, -0.1) is 0 Å². The fraction of sp³-hybridized carbons (Fsp3) is 0.250. The number of amides is 2. The molecular weight excluding hydrogens is 364 g/mol. The number of carboxylic acid groups (broad SMARTS) is 1. The van der Waals surface area contributed by atoms with E-state index in [0.717, 1.165) is 0 Å². The molecule has 0 aliphatic carbocycles. The Hall–Kier alpha value is -3.55. The summed E-state index contributed by atoms with van der Waals surface area (Å²) in [5, 5.41) is 14.2. The molecule has 1 atom stereocenters. The third kappa shape index (κ3) is 5.73. The van der Waals surface area contributed by atoms with Gasteiger partial charge in [-0.25, -0.2) is 4.79 Å². The number of carbonyl (C=O) groups excluding carboxylic acids is 2. The summed E-state index contributed by atoms with van der Waals surface area (Å²) in [7, 11) is 1.50. The number of carboxylic acids is 1. The van der Waals surface area contributed by atoms with Crippen molar-refractivity contribution >= 4 is 17.8 Å². The molecule has 2 aromatic rings. The standard InChI is InChI=1S/C20H22N2O6/c1-3-28-16-10-6-14(7-11-16)19(24)21-12-17(23)22-18(20(25)26)13-4-8-15(27-2)9-5-13/h4-11,18H,3,12H2,1-2H3,(H,21,24)(H,22,23)(H,25,26). The molecule has 0 aliphatic rings. The quantitative estimate of drug-likeness (QED) is 0.605. The van der Waals surface area contributed by atoms with E-state index in [4.69, 9.17) is 9.47 Å². The highest BCUT2D eigenvalue weighted by atomic mass is 16.5. The van der Waals surface area contributed by atoms with Gasteiger partial charge in [0.25, 0.3) is 5.91 Å². The lowest BCUT2D eigenvalue weighted by Gasteiger charge is -2.15. The highest BCUT2D eigenvalue weighted by Gasteiger charge is 2.22. The number of hydrogen-bond acceptors (Lipinski definition) is 5. The first-order chi connectivity index (χ1) is 13.4. The Bertz CT molecular complexity index is 818. The first kappa shape index (κ1) is 20.8. The van der Waals surface area contributed by atoms with Gasteiger partial charge in [0, 0.05) is 5.56 Å². The first-order valence-electron chi connectivity index (χ1n) is 8.61. The lowest BCUT2D eigenvalue weighted by atomic mass is 10.1. The van der Waals surface area contributed by atoms with Crippen LogP contribution >= 0.6 is 0 Å². The molecule has 0 saturated heterocycles. The SMILES string of the molecule is CCOc1ccc(C(=O)NCC(=O)NC(C(=O)O)c2ccc(OC)cc2)cc1. The van der Waals surface area contributed by atoms with Crippen molar-refractivity contribution in [3.8, 4) is 11.5 Å². The molecule has 0 spiro atoms. The summed E-state index contributed by atoms with van der Waals surface area (Å²) in [6.45, 7) is 2.02. The van der Waals surface area contributed by atoms with Crippen molar-refractivity contribution in [2.45, 2.75) is 13.0 Å². The molecule has 0 saturated carbocycles. The van der Waals surface area contributed by atoms with Crippen molar-refractivity contribution in [1.82, 2.24) is 10.6 Å². The second-order valence-electron chi connectivity index (χ2n) is 5.75. The fourth-order valence-corrected chi connectivity index (χ4v) is 2.43. The van der Waals surface area contributed by atoms with Crippen molar-refractivity contribution in [1.29, 1.82) is 0 Å². The molecule has 2 amide bonds. The van der Waals surface area contributed by atoms with Crippen molar-refractivity contribution in [2.75, 3.05) is 20.3 Å². The predicted octanol–water partition coefficient (Wildman–Crippen LogP) is 1.77. The summed E-state index contributed by atoms with van der Waals surface area (Å²) in [6.07, 6.45) is 0. The van der Waals surface area contributed by atoms with Crippen LogP contribution in [0.15, 0.2) is 48.5 Å². The van der Waals surface area contributed by atoms with Crippen molar-refractivity contribution < 1.29 is 29.0 Å². The van der Waals surface area contributed by atoms with Gasteiger partial charge in [0.2, 0.25) is 5.91 Å². The minimum absolute atomic E-state index is 0.355. The molecule has 8 nitrogen and oxygen atoms in total. The third-order valence-electron chi connectivity index (χ3n) is 3.84. The van der Waals surface area contributed by atoms with Crippen molar-refractivity contribution in [3.05, 3.63) is 59.7 Å². The number of rotatable bonds is 9. The Balaban J connectivity index is 1.93. The maximum absolute atomic E-state index is 12.1. The number of hydrogen-bond donors (Lipinski definition) is 3. The van der Waals surface area contributed by atoms with Gasteiger partial charge in [0.15, 0.2) is 6.04 Å². The first-order valence-corrected chi connectivity index (χ1v) is 8.61. The summed E-state index contributed by atoms with van der Waals surface area (Å²) in [6, 6.07) is 11.5. The highest BCUT2D eigenvalue weighted by Crippen LogP contribution is 2.18. The lowest BCUT2D eigenvalue weighted by Crippen LogP contribution is -2.41. The summed E-state index contributed by atoms with van der Waals surface area (Å²) in [4.78, 5) is 35.7. The Kier molecular flexibility index (Phi) is 7.38. The van der Waals surface area contributed by atoms with E-state index in [1.165, 1.54) is 7.11 Å². The van der Waals surface area contributed by atoms with Crippen LogP contribution < -0.4 is 20.1 Å². The van der Waals surface area contributed by atoms with Gasteiger partial charge in [0.1, 0.15) is 11.5 Å². The van der Waals surface area contributed by atoms with Gasteiger partial charge in [-0.05, 0) is 48.9 Å². The molecule has 3 N–H and O–H groups in total. The minimum atomic E-state index is -1.24. The Labute approximate surface area is 162 Å². The van der Waals surface area contributed by atoms with E-state index in [1.807, 2.05) is 6.92 Å². The molecule has 8 heteroatoms. The number of benzene rings is 2. The zero-order valence-electron chi connectivity index (χ0n) is 15.6. The molecule has 2 rings (SSSR count). The van der Waals surface area contributed by atoms with Crippen LogP contribution in [0.25, 0.3) is 0 Å². The molecule has 0 heterocycles. The summed E-state index contributed by atoms with van der Waals surface area (Å²) in [5.74, 6) is -1.07. The van der Waals surface area contributed by atoms with Gasteiger partial charge in [-0.2, -0.15) is 0 Å². The molecular formula is C20H22N2O6. The average molecular weight is 386 g/mol. The maximum Gasteiger partial charge on any atom is 0.330 e. The second kappa shape index (κ2) is 9.96. The molecule has 28 heavy (non-hydrogen) atoms. The van der Waals surface area contributed by atoms with E-state index < -0.39 is 23.8 Å². The topological polar surface area (TPSA) is 114 Å². The Morgan fingerprint density at radius 1 is 1.00 bits per heavy atom. The van der Waals surface area contributed by atoms with Gasteiger partial charge >= 0.3 is 5.97 Å². The van der Waals surface area contributed by atoms with Gasteiger partial charge in [0.05, 0.1) is 20.3 Å². The van der Waals surface area contributed by atoms with Crippen LogP contribution in [0.2, 0.25) is 0 Å². The predicted molar refractivity (Wildman–Crippen MR) is 101 cm³/mol. The Morgan fingerprint density at radius 3 is 2.14 bits per heavy atom. The summed E-state index contributed by atoms with van der Waals surface area (Å²) < 4.78 is 10.3. The van der Waals surface area contributed by atoms with E-state index >= 15 is 0 Å². The van der Waals surface area contributed by atoms with Crippen LogP contribution in [0.1, 0.15) is 28.9 Å². The molecule has 1 unspecified atom stereocenters. The fourth-order valence-electron chi connectivity index (χ4n) is 2.43. The number of nitrogens with one attached hydrogen (secondary N) is 2. The molecule has 0 radical (unpaired) electrons. The van der Waals surface area contributed by atoms with E-state index in [9.17, 15) is 19.5 Å². The van der Waals surface area contributed by atoms with E-state index in [1.54, 1.807) is 48.5 Å². The molecule has 0 bridgehead atoms. The number of carbonyl (C=O) groups is 3. The van der Waals surface area contributed by atoms with E-state index in [-0.39, 0.29) is 6.54 Å². The molecule has 2 aromatic carbocycles. The van der Waals surface area contributed by atoms with Gasteiger partial charge in [-0.1, -0.05) is 12.1 Å². The second-order valence-corrected chi connectivity index (χ2v) is 5.75. The minimum Gasteiger partial charge on any atom is -0.497 e. The molecule has 0 aromatic heterocycles. The van der Waals surface area contributed by atoms with Gasteiger partial charge < -0.3 is 25.2 Å². The smallest absolute Gasteiger partial charge is 0.330 e. The summed E-state index contributed by atoms with van der Waals surface area (Å²) in [5.41, 5.74) is 0.751. The average Bonchev–Trinajstić information content (AvgIpc) is 2.71. The van der Waals surface area contributed by atoms with E-state index in [2.05, 4.69) is 10.6 Å².